The van der Waals surface area contributed by atoms with Gasteiger partial charge in [-0.3, -0.25) is 4.79 Å². The molecule has 3 N–H and O–H groups in total. The largest absolute Gasteiger partial charge is 0.495 e. The van der Waals surface area contributed by atoms with Gasteiger partial charge in [-0.25, -0.2) is 0 Å². The Morgan fingerprint density at radius 2 is 2.42 bits per heavy atom. The number of nitrogen functional groups attached to an aromatic ring is 1. The van der Waals surface area contributed by atoms with Crippen molar-refractivity contribution in [2.75, 3.05) is 39.1 Å². The second-order valence-electron chi connectivity index (χ2n) is 4.38. The minimum Gasteiger partial charge on any atom is -0.495 e. The number of nitrogens with zero attached hydrogens (tertiary/aromatic N) is 1. The van der Waals surface area contributed by atoms with Gasteiger partial charge in [0.1, 0.15) is 5.75 Å². The molecule has 0 radical (unpaired) electrons. The van der Waals surface area contributed by atoms with Crippen molar-refractivity contribution in [3.05, 3.63) is 23.8 Å². The first-order valence-corrected chi connectivity index (χ1v) is 6.11. The summed E-state index contributed by atoms with van der Waals surface area (Å²) in [6.45, 7) is 1.25. The topological polar surface area (TPSA) is 85.0 Å². The third kappa shape index (κ3) is 2.97. The fourth-order valence-corrected chi connectivity index (χ4v) is 2.04. The normalized spacial score (nSPS) is 19.3. The number of morpholine rings is 1. The Morgan fingerprint density at radius 1 is 1.63 bits per heavy atom. The first-order chi connectivity index (χ1) is 9.15. The van der Waals surface area contributed by atoms with Crippen molar-refractivity contribution in [2.45, 2.75) is 6.10 Å². The van der Waals surface area contributed by atoms with Gasteiger partial charge in [0.05, 0.1) is 32.1 Å². The van der Waals surface area contributed by atoms with Crippen molar-refractivity contribution >= 4 is 11.6 Å². The van der Waals surface area contributed by atoms with Crippen LogP contribution in [0.4, 0.5) is 5.69 Å². The summed E-state index contributed by atoms with van der Waals surface area (Å²) in [5.41, 5.74) is 6.73. The predicted octanol–water partition coefficient (Wildman–Crippen LogP) is 0.111. The van der Waals surface area contributed by atoms with Gasteiger partial charge in [-0.05, 0) is 18.2 Å². The van der Waals surface area contributed by atoms with Gasteiger partial charge in [-0.2, -0.15) is 0 Å². The Kier molecular flexibility index (Phi) is 4.24. The molecule has 1 aromatic rings. The lowest BCUT2D eigenvalue weighted by atomic mass is 10.1. The molecule has 1 aromatic carbocycles. The molecular formula is C13H18N2O4. The molecular weight excluding hydrogens is 248 g/mol. The molecule has 0 aromatic heterocycles. The highest BCUT2D eigenvalue weighted by Gasteiger charge is 2.24. The van der Waals surface area contributed by atoms with E-state index in [1.54, 1.807) is 23.1 Å². The number of benzene rings is 1. The van der Waals surface area contributed by atoms with Crippen LogP contribution in [0.1, 0.15) is 10.4 Å². The number of ether oxygens (including phenoxy) is 2. The fourth-order valence-electron chi connectivity index (χ4n) is 2.04. The van der Waals surface area contributed by atoms with Gasteiger partial charge in [0.15, 0.2) is 0 Å². The Balaban J connectivity index is 2.14. The SMILES string of the molecule is COc1cc(C(=O)N2CCOC(CO)C2)ccc1N. The van der Waals surface area contributed by atoms with Gasteiger partial charge in [0.25, 0.3) is 5.91 Å². The lowest BCUT2D eigenvalue weighted by Gasteiger charge is -2.32. The lowest BCUT2D eigenvalue weighted by Crippen LogP contribution is -2.46. The maximum atomic E-state index is 12.3. The molecule has 1 unspecified atom stereocenters. The highest BCUT2D eigenvalue weighted by atomic mass is 16.5. The van der Waals surface area contributed by atoms with E-state index in [1.807, 2.05) is 0 Å². The molecule has 104 valence electrons. The van der Waals surface area contributed by atoms with E-state index in [0.29, 0.717) is 36.7 Å². The van der Waals surface area contributed by atoms with Gasteiger partial charge < -0.3 is 25.2 Å². The molecule has 1 saturated heterocycles. The summed E-state index contributed by atoms with van der Waals surface area (Å²) in [5.74, 6) is 0.373. The molecule has 19 heavy (non-hydrogen) atoms. The highest BCUT2D eigenvalue weighted by Crippen LogP contribution is 2.23. The smallest absolute Gasteiger partial charge is 0.254 e. The van der Waals surface area contributed by atoms with E-state index in [1.165, 1.54) is 7.11 Å². The van der Waals surface area contributed by atoms with E-state index in [4.69, 9.17) is 20.3 Å². The van der Waals surface area contributed by atoms with E-state index in [9.17, 15) is 4.79 Å². The maximum Gasteiger partial charge on any atom is 0.254 e. The van der Waals surface area contributed by atoms with Crippen molar-refractivity contribution in [1.29, 1.82) is 0 Å². The molecule has 0 spiro atoms. The van der Waals surface area contributed by atoms with Gasteiger partial charge in [-0.1, -0.05) is 0 Å². The minimum atomic E-state index is -0.312. The molecule has 6 nitrogen and oxygen atoms in total. The number of hydrogen-bond donors (Lipinski definition) is 2. The summed E-state index contributed by atoms with van der Waals surface area (Å²) < 4.78 is 10.4. The Hall–Kier alpha value is -1.79. The molecule has 1 aliphatic heterocycles. The third-order valence-corrected chi connectivity index (χ3v) is 3.11. The summed E-state index contributed by atoms with van der Waals surface area (Å²) in [7, 11) is 1.51. The second-order valence-corrected chi connectivity index (χ2v) is 4.38. The van der Waals surface area contributed by atoms with Crippen LogP contribution in [0.25, 0.3) is 0 Å². The third-order valence-electron chi connectivity index (χ3n) is 3.11. The zero-order valence-corrected chi connectivity index (χ0v) is 10.8. The van der Waals surface area contributed by atoms with Crippen LogP contribution in [0.15, 0.2) is 18.2 Å². The summed E-state index contributed by atoms with van der Waals surface area (Å²) >= 11 is 0. The summed E-state index contributed by atoms with van der Waals surface area (Å²) in [4.78, 5) is 14.0. The average molecular weight is 266 g/mol. The predicted molar refractivity (Wildman–Crippen MR) is 70.1 cm³/mol. The van der Waals surface area contributed by atoms with Crippen LogP contribution < -0.4 is 10.5 Å². The molecule has 1 atom stereocenters. The van der Waals surface area contributed by atoms with Gasteiger partial charge in [-0.15, -0.1) is 0 Å². The first-order valence-electron chi connectivity index (χ1n) is 6.11. The Bertz CT molecular complexity index is 464. The molecule has 0 saturated carbocycles. The number of methoxy groups -OCH3 is 1. The standard InChI is InChI=1S/C13H18N2O4/c1-18-12-6-9(2-3-11(12)14)13(17)15-4-5-19-10(7-15)8-16/h2-3,6,10,16H,4-5,7-8,14H2,1H3. The van der Waals surface area contributed by atoms with E-state index < -0.39 is 0 Å². The summed E-state index contributed by atoms with van der Waals surface area (Å²) in [5, 5.41) is 9.08. The molecule has 0 aliphatic carbocycles. The Morgan fingerprint density at radius 3 is 3.11 bits per heavy atom. The molecule has 1 amide bonds. The van der Waals surface area contributed by atoms with Crippen molar-refractivity contribution in [3.8, 4) is 5.75 Å². The van der Waals surface area contributed by atoms with E-state index >= 15 is 0 Å². The lowest BCUT2D eigenvalue weighted by molar-refractivity contribution is -0.0447. The van der Waals surface area contributed by atoms with Crippen LogP contribution in [-0.2, 0) is 4.74 Å². The number of carbonyl (C=O) groups is 1. The average Bonchev–Trinajstić information content (AvgIpc) is 2.47. The second kappa shape index (κ2) is 5.90. The molecule has 1 heterocycles. The minimum absolute atomic E-state index is 0.0885. The summed E-state index contributed by atoms with van der Waals surface area (Å²) in [6.07, 6.45) is -0.312. The zero-order chi connectivity index (χ0) is 13.8. The number of aliphatic hydroxyl groups excluding tert-OH is 1. The molecule has 6 heteroatoms. The highest BCUT2D eigenvalue weighted by molar-refractivity contribution is 5.95. The van der Waals surface area contributed by atoms with Gasteiger partial charge in [0, 0.05) is 18.7 Å². The quantitative estimate of drug-likeness (QED) is 0.759. The molecule has 1 aliphatic rings. The number of anilines is 1. The fraction of sp³-hybridized carbons (Fsp3) is 0.462. The molecule has 0 bridgehead atoms. The van der Waals surface area contributed by atoms with Crippen molar-refractivity contribution in [2.24, 2.45) is 0 Å². The van der Waals surface area contributed by atoms with E-state index in [0.717, 1.165) is 0 Å². The number of carbonyl (C=O) groups excluding carboxylic acids is 1. The number of aliphatic hydroxyl groups is 1. The van der Waals surface area contributed by atoms with Crippen molar-refractivity contribution in [3.63, 3.8) is 0 Å². The number of rotatable bonds is 3. The van der Waals surface area contributed by atoms with Crippen LogP contribution in [-0.4, -0.2) is 55.4 Å². The van der Waals surface area contributed by atoms with Crippen LogP contribution in [0.3, 0.4) is 0 Å². The van der Waals surface area contributed by atoms with Crippen LogP contribution in [0.5, 0.6) is 5.75 Å². The number of hydrogen-bond acceptors (Lipinski definition) is 5. The zero-order valence-electron chi connectivity index (χ0n) is 10.8. The van der Waals surface area contributed by atoms with E-state index in [2.05, 4.69) is 0 Å². The number of nitrogens with two attached hydrogens (primary N) is 1. The monoisotopic (exact) mass is 266 g/mol. The van der Waals surface area contributed by atoms with Gasteiger partial charge >= 0.3 is 0 Å². The van der Waals surface area contributed by atoms with Crippen LogP contribution in [0.2, 0.25) is 0 Å². The van der Waals surface area contributed by atoms with Crippen LogP contribution in [0, 0.1) is 0 Å². The Labute approximate surface area is 111 Å². The number of amides is 1. The van der Waals surface area contributed by atoms with E-state index in [-0.39, 0.29) is 18.6 Å². The molecule has 1 fully saturated rings. The van der Waals surface area contributed by atoms with Gasteiger partial charge in [0.2, 0.25) is 0 Å². The first kappa shape index (κ1) is 13.6. The maximum absolute atomic E-state index is 12.3. The van der Waals surface area contributed by atoms with Crippen LogP contribution >= 0.6 is 0 Å². The summed E-state index contributed by atoms with van der Waals surface area (Å²) in [6, 6.07) is 4.95. The van der Waals surface area contributed by atoms with Crippen molar-refractivity contribution in [1.82, 2.24) is 4.90 Å². The van der Waals surface area contributed by atoms with Crippen molar-refractivity contribution < 1.29 is 19.4 Å². The molecule has 2 rings (SSSR count).